The first kappa shape index (κ1) is 14.5. The highest BCUT2D eigenvalue weighted by molar-refractivity contribution is 7.13. The minimum atomic E-state index is -0.361. The average Bonchev–Trinajstić information content (AvgIpc) is 2.94. The molecule has 0 aliphatic rings. The molecule has 0 aliphatic carbocycles. The van der Waals surface area contributed by atoms with Gasteiger partial charge in [0, 0.05) is 24.0 Å². The molecule has 0 aliphatic heterocycles. The molecule has 20 heavy (non-hydrogen) atoms. The molecule has 0 saturated heterocycles. The van der Waals surface area contributed by atoms with Crippen LogP contribution in [0.1, 0.15) is 24.1 Å². The summed E-state index contributed by atoms with van der Waals surface area (Å²) in [4.78, 5) is 10.3. The highest BCUT2D eigenvalue weighted by atomic mass is 32.1. The normalized spacial score (nSPS) is 12.1. The van der Waals surface area contributed by atoms with E-state index < -0.39 is 0 Å². The number of nitrogens with one attached hydrogen (secondary N) is 1. The molecular formula is C14H16N2O3S. The maximum Gasteiger partial charge on any atom is 0.324 e. The molecule has 1 heterocycles. The van der Waals surface area contributed by atoms with Crippen LogP contribution < -0.4 is 10.1 Å². The van der Waals surface area contributed by atoms with E-state index in [1.165, 1.54) is 0 Å². The molecule has 1 aromatic carbocycles. The van der Waals surface area contributed by atoms with Crippen LogP contribution in [0.3, 0.4) is 0 Å². The lowest BCUT2D eigenvalue weighted by molar-refractivity contribution is -0.380. The average molecular weight is 292 g/mol. The monoisotopic (exact) mass is 292 g/mol. The van der Waals surface area contributed by atoms with E-state index in [0.29, 0.717) is 6.54 Å². The third-order valence-corrected chi connectivity index (χ3v) is 3.96. The number of hydrogen-bond donors (Lipinski definition) is 1. The number of rotatable bonds is 6. The Hall–Kier alpha value is -1.92. The highest BCUT2D eigenvalue weighted by Crippen LogP contribution is 2.23. The molecule has 0 bridgehead atoms. The molecule has 5 nitrogen and oxygen atoms in total. The smallest absolute Gasteiger partial charge is 0.324 e. The van der Waals surface area contributed by atoms with Crippen LogP contribution in [0.15, 0.2) is 35.7 Å². The molecular weight excluding hydrogens is 276 g/mol. The summed E-state index contributed by atoms with van der Waals surface area (Å²) in [7, 11) is 1.64. The van der Waals surface area contributed by atoms with Gasteiger partial charge in [0.1, 0.15) is 5.75 Å². The lowest BCUT2D eigenvalue weighted by Gasteiger charge is -2.14. The maximum atomic E-state index is 10.6. The van der Waals surface area contributed by atoms with Gasteiger partial charge < -0.3 is 10.1 Å². The molecule has 0 amide bonds. The predicted octanol–water partition coefficient (Wildman–Crippen LogP) is 3.52. The zero-order valence-corrected chi connectivity index (χ0v) is 12.1. The summed E-state index contributed by atoms with van der Waals surface area (Å²) >= 11 is 1.15. The molecule has 1 aromatic heterocycles. The van der Waals surface area contributed by atoms with Crippen LogP contribution in [-0.4, -0.2) is 12.0 Å². The Bertz CT molecular complexity index is 598. The van der Waals surface area contributed by atoms with Crippen molar-refractivity contribution in [3.8, 4) is 5.75 Å². The first-order valence-electron chi connectivity index (χ1n) is 6.19. The Morgan fingerprint density at radius 2 is 2.25 bits per heavy atom. The Labute approximate surface area is 121 Å². The summed E-state index contributed by atoms with van der Waals surface area (Å²) < 4.78 is 5.20. The van der Waals surface area contributed by atoms with E-state index in [-0.39, 0.29) is 16.0 Å². The van der Waals surface area contributed by atoms with Crippen molar-refractivity contribution in [1.29, 1.82) is 0 Å². The molecule has 2 aromatic rings. The van der Waals surface area contributed by atoms with Gasteiger partial charge in [0.2, 0.25) is 0 Å². The van der Waals surface area contributed by atoms with Crippen LogP contribution in [0.4, 0.5) is 5.00 Å². The zero-order valence-electron chi connectivity index (χ0n) is 11.3. The molecule has 2 rings (SSSR count). The van der Waals surface area contributed by atoms with Gasteiger partial charge in [-0.1, -0.05) is 23.5 Å². The van der Waals surface area contributed by atoms with Crippen molar-refractivity contribution in [1.82, 2.24) is 5.32 Å². The zero-order chi connectivity index (χ0) is 14.5. The van der Waals surface area contributed by atoms with Gasteiger partial charge in [-0.25, -0.2) is 0 Å². The largest absolute Gasteiger partial charge is 0.497 e. The molecule has 0 fully saturated rings. The van der Waals surface area contributed by atoms with E-state index in [2.05, 4.69) is 12.2 Å². The van der Waals surface area contributed by atoms with Gasteiger partial charge >= 0.3 is 5.00 Å². The molecule has 106 valence electrons. The lowest BCUT2D eigenvalue weighted by Crippen LogP contribution is -2.17. The summed E-state index contributed by atoms with van der Waals surface area (Å²) in [6.07, 6.45) is 0. The molecule has 0 spiro atoms. The number of hydrogen-bond acceptors (Lipinski definition) is 5. The van der Waals surface area contributed by atoms with Gasteiger partial charge in [0.15, 0.2) is 0 Å². The van der Waals surface area contributed by atoms with E-state index in [4.69, 9.17) is 4.74 Å². The van der Waals surface area contributed by atoms with E-state index in [1.54, 1.807) is 13.2 Å². The second-order valence-corrected chi connectivity index (χ2v) is 5.32. The van der Waals surface area contributed by atoms with Crippen molar-refractivity contribution < 1.29 is 9.66 Å². The summed E-state index contributed by atoms with van der Waals surface area (Å²) in [6, 6.07) is 9.60. The minimum Gasteiger partial charge on any atom is -0.497 e. The Kier molecular flexibility index (Phi) is 4.70. The third kappa shape index (κ3) is 3.55. The second-order valence-electron chi connectivity index (χ2n) is 4.43. The Balaban J connectivity index is 1.96. The van der Waals surface area contributed by atoms with Crippen molar-refractivity contribution in [2.24, 2.45) is 0 Å². The number of methoxy groups -OCH3 is 1. The second kappa shape index (κ2) is 6.49. The van der Waals surface area contributed by atoms with E-state index in [1.807, 2.05) is 29.6 Å². The van der Waals surface area contributed by atoms with E-state index in [0.717, 1.165) is 28.2 Å². The molecule has 6 heteroatoms. The van der Waals surface area contributed by atoms with Crippen molar-refractivity contribution in [2.75, 3.05) is 7.11 Å². The van der Waals surface area contributed by atoms with Crippen LogP contribution in [0.5, 0.6) is 5.75 Å². The topological polar surface area (TPSA) is 64.4 Å². The molecule has 0 unspecified atom stereocenters. The van der Waals surface area contributed by atoms with Crippen molar-refractivity contribution in [3.63, 3.8) is 0 Å². The molecule has 1 atom stereocenters. The number of ether oxygens (including phenoxy) is 1. The fourth-order valence-electron chi connectivity index (χ4n) is 1.85. The van der Waals surface area contributed by atoms with Crippen molar-refractivity contribution in [2.45, 2.75) is 19.5 Å². The van der Waals surface area contributed by atoms with Crippen LogP contribution in [0, 0.1) is 10.1 Å². The summed E-state index contributed by atoms with van der Waals surface area (Å²) in [5.74, 6) is 0.822. The van der Waals surface area contributed by atoms with Gasteiger partial charge in [-0.3, -0.25) is 10.1 Å². The fraction of sp³-hybridized carbons (Fsp3) is 0.286. The first-order chi connectivity index (χ1) is 9.60. The molecule has 0 saturated carbocycles. The molecule has 1 N–H and O–H groups in total. The maximum absolute atomic E-state index is 10.6. The van der Waals surface area contributed by atoms with E-state index >= 15 is 0 Å². The Morgan fingerprint density at radius 3 is 2.90 bits per heavy atom. The van der Waals surface area contributed by atoms with Gasteiger partial charge in [0.25, 0.3) is 0 Å². The molecule has 0 radical (unpaired) electrons. The fourth-order valence-corrected chi connectivity index (χ4v) is 2.58. The Morgan fingerprint density at radius 1 is 1.45 bits per heavy atom. The van der Waals surface area contributed by atoms with Gasteiger partial charge in [-0.2, -0.15) is 0 Å². The summed E-state index contributed by atoms with van der Waals surface area (Å²) in [5.41, 5.74) is 2.05. The summed E-state index contributed by atoms with van der Waals surface area (Å²) in [5, 5.41) is 16.0. The van der Waals surface area contributed by atoms with Gasteiger partial charge in [-0.05, 0) is 30.2 Å². The summed E-state index contributed by atoms with van der Waals surface area (Å²) in [6.45, 7) is 2.65. The first-order valence-corrected chi connectivity index (χ1v) is 7.07. The highest BCUT2D eigenvalue weighted by Gasteiger charge is 2.11. The number of thiophene rings is 1. The van der Waals surface area contributed by atoms with Crippen LogP contribution in [-0.2, 0) is 6.54 Å². The number of benzene rings is 1. The third-order valence-electron chi connectivity index (χ3n) is 3.03. The SMILES string of the molecule is COc1cccc([C@@H](C)NCc2csc([N+](=O)[O-])c2)c1. The van der Waals surface area contributed by atoms with Crippen molar-refractivity contribution >= 4 is 16.3 Å². The van der Waals surface area contributed by atoms with Crippen LogP contribution in [0.25, 0.3) is 0 Å². The van der Waals surface area contributed by atoms with Crippen LogP contribution in [0.2, 0.25) is 0 Å². The van der Waals surface area contributed by atoms with Crippen LogP contribution >= 0.6 is 11.3 Å². The van der Waals surface area contributed by atoms with E-state index in [9.17, 15) is 10.1 Å². The predicted molar refractivity (Wildman–Crippen MR) is 79.2 cm³/mol. The standard InChI is InChI=1S/C14H16N2O3S/c1-10(12-4-3-5-13(7-12)19-2)15-8-11-6-14(16(17)18)20-9-11/h3-7,9-10,15H,8H2,1-2H3/t10-/m1/s1. The number of nitrogens with zero attached hydrogens (tertiary/aromatic N) is 1. The van der Waals surface area contributed by atoms with Gasteiger partial charge in [-0.15, -0.1) is 0 Å². The lowest BCUT2D eigenvalue weighted by atomic mass is 10.1. The minimum absolute atomic E-state index is 0.143. The number of nitro groups is 1. The van der Waals surface area contributed by atoms with Gasteiger partial charge in [0.05, 0.1) is 12.0 Å². The van der Waals surface area contributed by atoms with Crippen molar-refractivity contribution in [3.05, 3.63) is 57.0 Å². The quantitative estimate of drug-likeness (QED) is 0.653.